The molecule has 0 aliphatic heterocycles. The summed E-state index contributed by atoms with van der Waals surface area (Å²) in [5.41, 5.74) is 1.81. The summed E-state index contributed by atoms with van der Waals surface area (Å²) in [5.74, 6) is 0.0140. The van der Waals surface area contributed by atoms with Crippen molar-refractivity contribution in [2.45, 2.75) is 20.3 Å². The van der Waals surface area contributed by atoms with Crippen LogP contribution in [-0.4, -0.2) is 28.8 Å². The van der Waals surface area contributed by atoms with Gasteiger partial charge in [-0.15, -0.1) is 0 Å². The molecule has 0 aliphatic carbocycles. The number of nitrogens with one attached hydrogen (secondary N) is 2. The van der Waals surface area contributed by atoms with Gasteiger partial charge in [0.15, 0.2) is 0 Å². The lowest BCUT2D eigenvalue weighted by molar-refractivity contribution is -0.119. The van der Waals surface area contributed by atoms with E-state index in [2.05, 4.69) is 15.7 Å². The van der Waals surface area contributed by atoms with E-state index in [9.17, 15) is 4.79 Å². The number of aromatic nitrogens is 2. The van der Waals surface area contributed by atoms with E-state index in [-0.39, 0.29) is 5.91 Å². The van der Waals surface area contributed by atoms with Crippen LogP contribution in [0, 0.1) is 6.92 Å². The van der Waals surface area contributed by atoms with Crippen LogP contribution in [-0.2, 0) is 11.8 Å². The predicted molar refractivity (Wildman–Crippen MR) is 59.7 cm³/mol. The number of carbonyl (C=O) groups is 1. The van der Waals surface area contributed by atoms with Gasteiger partial charge in [0.1, 0.15) is 0 Å². The van der Waals surface area contributed by atoms with E-state index in [1.54, 1.807) is 4.68 Å². The van der Waals surface area contributed by atoms with Crippen molar-refractivity contribution in [1.82, 2.24) is 15.1 Å². The van der Waals surface area contributed by atoms with Gasteiger partial charge in [-0.05, 0) is 13.3 Å². The predicted octanol–water partition coefficient (Wildman–Crippen LogP) is 0.667. The van der Waals surface area contributed by atoms with Crippen LogP contribution in [0.1, 0.15) is 19.0 Å². The minimum Gasteiger partial charge on any atom is -0.373 e. The average Bonchev–Trinajstić information content (AvgIpc) is 2.51. The summed E-state index contributed by atoms with van der Waals surface area (Å²) in [7, 11) is 1.86. The van der Waals surface area contributed by atoms with Crippen LogP contribution in [0.5, 0.6) is 0 Å². The standard InChI is InChI=1S/C10H18N4O/c1-4-5-11-10(15)6-12-9-7-14(3)13-8(9)2/h7,12H,4-6H2,1-3H3,(H,11,15). The Hall–Kier alpha value is -1.52. The Bertz CT molecular complexity index is 332. The van der Waals surface area contributed by atoms with E-state index in [0.717, 1.165) is 24.3 Å². The van der Waals surface area contributed by atoms with Gasteiger partial charge in [-0.25, -0.2) is 0 Å². The molecule has 0 fully saturated rings. The summed E-state index contributed by atoms with van der Waals surface area (Å²) in [6, 6.07) is 0. The van der Waals surface area contributed by atoms with Crippen LogP contribution in [0.25, 0.3) is 0 Å². The molecule has 2 N–H and O–H groups in total. The van der Waals surface area contributed by atoms with Gasteiger partial charge in [0.25, 0.3) is 0 Å². The summed E-state index contributed by atoms with van der Waals surface area (Å²) in [6.07, 6.45) is 2.82. The summed E-state index contributed by atoms with van der Waals surface area (Å²) in [5, 5.41) is 10.0. The molecular formula is C10H18N4O. The first kappa shape index (κ1) is 11.6. The molecule has 5 nitrogen and oxygen atoms in total. The number of carbonyl (C=O) groups excluding carboxylic acids is 1. The molecule has 0 aliphatic rings. The normalized spacial score (nSPS) is 10.1. The van der Waals surface area contributed by atoms with Crippen molar-refractivity contribution in [2.24, 2.45) is 7.05 Å². The Morgan fingerprint density at radius 2 is 2.33 bits per heavy atom. The van der Waals surface area contributed by atoms with Crippen LogP contribution in [0.2, 0.25) is 0 Å². The van der Waals surface area contributed by atoms with Crippen molar-refractivity contribution in [3.8, 4) is 0 Å². The molecule has 0 atom stereocenters. The highest BCUT2D eigenvalue weighted by molar-refractivity contribution is 5.80. The summed E-state index contributed by atoms with van der Waals surface area (Å²) in [6.45, 7) is 4.96. The highest BCUT2D eigenvalue weighted by Crippen LogP contribution is 2.10. The Labute approximate surface area is 89.9 Å². The van der Waals surface area contributed by atoms with Gasteiger partial charge in [-0.1, -0.05) is 6.92 Å². The zero-order chi connectivity index (χ0) is 11.3. The second-order valence-electron chi connectivity index (χ2n) is 3.51. The molecule has 0 aromatic carbocycles. The first-order valence-electron chi connectivity index (χ1n) is 5.14. The highest BCUT2D eigenvalue weighted by Gasteiger charge is 2.04. The molecule has 0 saturated carbocycles. The quantitative estimate of drug-likeness (QED) is 0.751. The number of hydrogen-bond donors (Lipinski definition) is 2. The molecular weight excluding hydrogens is 192 g/mol. The molecule has 1 aromatic heterocycles. The van der Waals surface area contributed by atoms with Crippen molar-refractivity contribution in [1.29, 1.82) is 0 Å². The van der Waals surface area contributed by atoms with E-state index >= 15 is 0 Å². The zero-order valence-electron chi connectivity index (χ0n) is 9.50. The van der Waals surface area contributed by atoms with Gasteiger partial charge >= 0.3 is 0 Å². The molecule has 0 unspecified atom stereocenters. The third-order valence-corrected chi connectivity index (χ3v) is 2.03. The molecule has 1 heterocycles. The molecule has 5 heteroatoms. The molecule has 0 saturated heterocycles. The van der Waals surface area contributed by atoms with Crippen molar-refractivity contribution >= 4 is 11.6 Å². The number of anilines is 1. The van der Waals surface area contributed by atoms with Crippen LogP contribution in [0.15, 0.2) is 6.20 Å². The third-order valence-electron chi connectivity index (χ3n) is 2.03. The topological polar surface area (TPSA) is 59.0 Å². The van der Waals surface area contributed by atoms with E-state index in [0.29, 0.717) is 6.54 Å². The monoisotopic (exact) mass is 210 g/mol. The van der Waals surface area contributed by atoms with E-state index < -0.39 is 0 Å². The van der Waals surface area contributed by atoms with Crippen LogP contribution in [0.3, 0.4) is 0 Å². The first-order chi connectivity index (χ1) is 7.13. The second-order valence-corrected chi connectivity index (χ2v) is 3.51. The van der Waals surface area contributed by atoms with Gasteiger partial charge in [-0.3, -0.25) is 9.48 Å². The fourth-order valence-electron chi connectivity index (χ4n) is 1.28. The van der Waals surface area contributed by atoms with Gasteiger partial charge in [0.2, 0.25) is 5.91 Å². The van der Waals surface area contributed by atoms with Gasteiger partial charge in [-0.2, -0.15) is 5.10 Å². The van der Waals surface area contributed by atoms with Crippen LogP contribution < -0.4 is 10.6 Å². The van der Waals surface area contributed by atoms with Crippen molar-refractivity contribution in [2.75, 3.05) is 18.4 Å². The lowest BCUT2D eigenvalue weighted by Crippen LogP contribution is -2.30. The molecule has 1 rings (SSSR count). The first-order valence-corrected chi connectivity index (χ1v) is 5.14. The maximum absolute atomic E-state index is 11.3. The average molecular weight is 210 g/mol. The summed E-state index contributed by atoms with van der Waals surface area (Å²) >= 11 is 0. The molecule has 0 bridgehead atoms. The van der Waals surface area contributed by atoms with Crippen molar-refractivity contribution in [3.05, 3.63) is 11.9 Å². The molecule has 1 aromatic rings. The Morgan fingerprint density at radius 1 is 1.60 bits per heavy atom. The van der Waals surface area contributed by atoms with E-state index in [4.69, 9.17) is 0 Å². The highest BCUT2D eigenvalue weighted by atomic mass is 16.1. The van der Waals surface area contributed by atoms with Crippen molar-refractivity contribution in [3.63, 3.8) is 0 Å². The number of rotatable bonds is 5. The Morgan fingerprint density at radius 3 is 2.87 bits per heavy atom. The fraction of sp³-hybridized carbons (Fsp3) is 0.600. The number of aryl methyl sites for hydroxylation is 2. The van der Waals surface area contributed by atoms with Gasteiger partial charge in [0.05, 0.1) is 17.9 Å². The maximum Gasteiger partial charge on any atom is 0.239 e. The largest absolute Gasteiger partial charge is 0.373 e. The number of nitrogens with zero attached hydrogens (tertiary/aromatic N) is 2. The molecule has 0 radical (unpaired) electrons. The fourth-order valence-corrected chi connectivity index (χ4v) is 1.28. The Kier molecular flexibility index (Phi) is 4.15. The summed E-state index contributed by atoms with van der Waals surface area (Å²) in [4.78, 5) is 11.3. The molecule has 84 valence electrons. The minimum atomic E-state index is 0.0140. The van der Waals surface area contributed by atoms with E-state index in [1.165, 1.54) is 0 Å². The number of hydrogen-bond acceptors (Lipinski definition) is 3. The van der Waals surface area contributed by atoms with Crippen LogP contribution >= 0.6 is 0 Å². The van der Waals surface area contributed by atoms with Gasteiger partial charge in [0, 0.05) is 19.8 Å². The minimum absolute atomic E-state index is 0.0140. The molecule has 0 spiro atoms. The maximum atomic E-state index is 11.3. The van der Waals surface area contributed by atoms with E-state index in [1.807, 2.05) is 27.1 Å². The smallest absolute Gasteiger partial charge is 0.239 e. The lowest BCUT2D eigenvalue weighted by atomic mass is 10.4. The number of amides is 1. The van der Waals surface area contributed by atoms with Gasteiger partial charge < -0.3 is 10.6 Å². The van der Waals surface area contributed by atoms with Crippen LogP contribution in [0.4, 0.5) is 5.69 Å². The molecule has 1 amide bonds. The summed E-state index contributed by atoms with van der Waals surface area (Å²) < 4.78 is 1.72. The third kappa shape index (κ3) is 3.61. The SMILES string of the molecule is CCCNC(=O)CNc1cn(C)nc1C. The van der Waals surface area contributed by atoms with Crippen molar-refractivity contribution < 1.29 is 4.79 Å². The second kappa shape index (κ2) is 5.38. The zero-order valence-corrected chi connectivity index (χ0v) is 9.50. The molecule has 15 heavy (non-hydrogen) atoms. The lowest BCUT2D eigenvalue weighted by Gasteiger charge is -2.05. The Balaban J connectivity index is 2.36.